The third kappa shape index (κ3) is 3.67. The zero-order valence-corrected chi connectivity index (χ0v) is 15.0. The first-order chi connectivity index (χ1) is 13.7. The molecule has 4 rings (SSSR count). The summed E-state index contributed by atoms with van der Waals surface area (Å²) in [5.41, 5.74) is 2.02. The van der Waals surface area contributed by atoms with Crippen LogP contribution in [0, 0.1) is 0 Å². The number of hydrogen-bond acceptors (Lipinski definition) is 5. The molecule has 0 saturated heterocycles. The molecule has 2 heterocycles. The van der Waals surface area contributed by atoms with Gasteiger partial charge in [-0.05, 0) is 41.3 Å². The number of nitrogens with zero attached hydrogens (tertiary/aromatic N) is 3. The van der Waals surface area contributed by atoms with Gasteiger partial charge in [0.2, 0.25) is 0 Å². The summed E-state index contributed by atoms with van der Waals surface area (Å²) in [5.74, 6) is -0.381. The van der Waals surface area contributed by atoms with Gasteiger partial charge in [-0.1, -0.05) is 36.4 Å². The number of amides is 1. The summed E-state index contributed by atoms with van der Waals surface area (Å²) in [7, 11) is 0. The Balaban J connectivity index is 1.58. The van der Waals surface area contributed by atoms with Crippen molar-refractivity contribution in [3.8, 4) is 0 Å². The number of carbonyl (C=O) groups is 1. The normalized spacial score (nSPS) is 10.6. The molecule has 0 aliphatic heterocycles. The smallest absolute Gasteiger partial charge is 0.285 e. The van der Waals surface area contributed by atoms with Gasteiger partial charge in [0.1, 0.15) is 0 Å². The first-order valence-electron chi connectivity index (χ1n) is 8.82. The van der Waals surface area contributed by atoms with Crippen molar-refractivity contribution in [3.05, 3.63) is 96.4 Å². The van der Waals surface area contributed by atoms with Crippen molar-refractivity contribution in [2.24, 2.45) is 0 Å². The monoisotopic (exact) mass is 370 g/mol. The van der Waals surface area contributed by atoms with Crippen molar-refractivity contribution < 1.29 is 10.0 Å². The highest BCUT2D eigenvalue weighted by molar-refractivity contribution is 6.08. The van der Waals surface area contributed by atoms with Crippen molar-refractivity contribution in [3.63, 3.8) is 0 Å². The van der Waals surface area contributed by atoms with Gasteiger partial charge < -0.3 is 5.32 Å². The lowest BCUT2D eigenvalue weighted by Gasteiger charge is -2.17. The number of hydrogen-bond donors (Lipinski definition) is 2. The van der Waals surface area contributed by atoms with E-state index in [4.69, 9.17) is 0 Å². The summed E-state index contributed by atoms with van der Waals surface area (Å²) >= 11 is 0. The van der Waals surface area contributed by atoms with Crippen molar-refractivity contribution in [2.45, 2.75) is 6.54 Å². The zero-order valence-electron chi connectivity index (χ0n) is 15.0. The summed E-state index contributed by atoms with van der Waals surface area (Å²) in [6.45, 7) is 0.534. The molecule has 28 heavy (non-hydrogen) atoms. The summed E-state index contributed by atoms with van der Waals surface area (Å²) in [4.78, 5) is 21.1. The van der Waals surface area contributed by atoms with Crippen LogP contribution >= 0.6 is 0 Å². The molecule has 2 aromatic heterocycles. The lowest BCUT2D eigenvalue weighted by Crippen LogP contribution is -2.28. The summed E-state index contributed by atoms with van der Waals surface area (Å²) < 4.78 is 0. The summed E-state index contributed by atoms with van der Waals surface area (Å²) in [5, 5.41) is 16.1. The number of para-hydroxylation sites is 1. The molecule has 2 aromatic carbocycles. The van der Waals surface area contributed by atoms with Crippen LogP contribution in [0.1, 0.15) is 15.9 Å². The van der Waals surface area contributed by atoms with Crippen LogP contribution in [0.25, 0.3) is 10.8 Å². The molecule has 6 heteroatoms. The van der Waals surface area contributed by atoms with E-state index < -0.39 is 5.91 Å². The Morgan fingerprint density at radius 3 is 2.50 bits per heavy atom. The highest BCUT2D eigenvalue weighted by atomic mass is 16.5. The fourth-order valence-electron chi connectivity index (χ4n) is 2.93. The van der Waals surface area contributed by atoms with Crippen molar-refractivity contribution in [1.29, 1.82) is 0 Å². The number of benzene rings is 2. The highest BCUT2D eigenvalue weighted by Gasteiger charge is 2.20. The standard InChI is InChI=1S/C22H18N4O2/c27-22(26(28)21-13-17-5-1-2-6-18(17)15-25-21)19-7-3-4-8-20(19)24-14-16-9-11-23-12-10-16/h1-13,15,24,28H,14H2. The molecular weight excluding hydrogens is 352 g/mol. The molecule has 0 saturated carbocycles. The minimum absolute atomic E-state index is 0.174. The molecule has 0 aliphatic rings. The van der Waals surface area contributed by atoms with E-state index in [0.717, 1.165) is 16.3 Å². The molecule has 1 amide bonds. The van der Waals surface area contributed by atoms with E-state index in [1.54, 1.807) is 42.9 Å². The number of fused-ring (bicyclic) bond motifs is 1. The maximum absolute atomic E-state index is 12.9. The van der Waals surface area contributed by atoms with Crippen LogP contribution in [-0.4, -0.2) is 21.1 Å². The first-order valence-corrected chi connectivity index (χ1v) is 8.82. The van der Waals surface area contributed by atoms with Gasteiger partial charge in [0.15, 0.2) is 5.82 Å². The first kappa shape index (κ1) is 17.6. The molecule has 2 N–H and O–H groups in total. The fraction of sp³-hybridized carbons (Fsp3) is 0.0455. The van der Waals surface area contributed by atoms with E-state index in [0.29, 0.717) is 22.9 Å². The molecule has 138 valence electrons. The van der Waals surface area contributed by atoms with E-state index in [-0.39, 0.29) is 5.82 Å². The molecule has 0 radical (unpaired) electrons. The average molecular weight is 370 g/mol. The van der Waals surface area contributed by atoms with Gasteiger partial charge in [-0.25, -0.2) is 4.98 Å². The molecule has 6 nitrogen and oxygen atoms in total. The fourth-order valence-corrected chi connectivity index (χ4v) is 2.93. The number of pyridine rings is 2. The van der Waals surface area contributed by atoms with E-state index >= 15 is 0 Å². The van der Waals surface area contributed by atoms with Gasteiger partial charge >= 0.3 is 0 Å². The van der Waals surface area contributed by atoms with Gasteiger partial charge in [0.25, 0.3) is 5.91 Å². The molecular formula is C22H18N4O2. The zero-order chi connectivity index (χ0) is 19.3. The van der Waals surface area contributed by atoms with E-state index in [1.165, 1.54) is 0 Å². The van der Waals surface area contributed by atoms with Crippen LogP contribution in [0.4, 0.5) is 11.5 Å². The molecule has 0 spiro atoms. The van der Waals surface area contributed by atoms with Gasteiger partial charge in [-0.2, -0.15) is 5.06 Å². The molecule has 0 fully saturated rings. The van der Waals surface area contributed by atoms with E-state index in [1.807, 2.05) is 42.5 Å². The van der Waals surface area contributed by atoms with Crippen LogP contribution in [-0.2, 0) is 6.54 Å². The van der Waals surface area contributed by atoms with Crippen LogP contribution in [0.3, 0.4) is 0 Å². The second kappa shape index (κ2) is 7.85. The second-order valence-electron chi connectivity index (χ2n) is 6.26. The van der Waals surface area contributed by atoms with Crippen molar-refractivity contribution in [1.82, 2.24) is 9.97 Å². The third-order valence-electron chi connectivity index (χ3n) is 4.42. The Bertz CT molecular complexity index is 1120. The lowest BCUT2D eigenvalue weighted by molar-refractivity contribution is 0.0852. The quantitative estimate of drug-likeness (QED) is 0.405. The van der Waals surface area contributed by atoms with E-state index in [2.05, 4.69) is 15.3 Å². The largest absolute Gasteiger partial charge is 0.380 e. The molecule has 0 bridgehead atoms. The van der Waals surface area contributed by atoms with E-state index in [9.17, 15) is 10.0 Å². The van der Waals surface area contributed by atoms with Gasteiger partial charge in [-0.15, -0.1) is 0 Å². The number of rotatable bonds is 5. The number of carbonyl (C=O) groups excluding carboxylic acids is 1. The number of aromatic nitrogens is 2. The maximum Gasteiger partial charge on any atom is 0.285 e. The predicted octanol–water partition coefficient (Wildman–Crippen LogP) is 4.28. The predicted molar refractivity (Wildman–Crippen MR) is 108 cm³/mol. The minimum atomic E-state index is -0.555. The maximum atomic E-state index is 12.9. The van der Waals surface area contributed by atoms with Gasteiger partial charge in [-0.3, -0.25) is 15.0 Å². The Hall–Kier alpha value is -3.77. The highest BCUT2D eigenvalue weighted by Crippen LogP contribution is 2.23. The van der Waals surface area contributed by atoms with Crippen LogP contribution in [0.2, 0.25) is 0 Å². The SMILES string of the molecule is O=C(c1ccccc1NCc1ccncc1)N(O)c1cc2ccccc2cn1. The van der Waals surface area contributed by atoms with Crippen LogP contribution < -0.4 is 10.4 Å². The number of nitrogens with one attached hydrogen (secondary N) is 1. The third-order valence-corrected chi connectivity index (χ3v) is 4.42. The van der Waals surface area contributed by atoms with Crippen molar-refractivity contribution in [2.75, 3.05) is 10.4 Å². The lowest BCUT2D eigenvalue weighted by atomic mass is 10.1. The van der Waals surface area contributed by atoms with Gasteiger partial charge in [0.05, 0.1) is 5.56 Å². The Morgan fingerprint density at radius 1 is 0.964 bits per heavy atom. The molecule has 4 aromatic rings. The average Bonchev–Trinajstić information content (AvgIpc) is 2.77. The van der Waals surface area contributed by atoms with Crippen molar-refractivity contribution >= 4 is 28.2 Å². The number of hydroxylamine groups is 1. The van der Waals surface area contributed by atoms with Crippen LogP contribution in [0.5, 0.6) is 0 Å². The Labute approximate surface area is 162 Å². The number of anilines is 2. The second-order valence-corrected chi connectivity index (χ2v) is 6.26. The topological polar surface area (TPSA) is 78.4 Å². The Morgan fingerprint density at radius 2 is 1.68 bits per heavy atom. The molecule has 0 aliphatic carbocycles. The van der Waals surface area contributed by atoms with Gasteiger partial charge in [0, 0.05) is 36.2 Å². The molecule has 0 atom stereocenters. The summed E-state index contributed by atoms with van der Waals surface area (Å²) in [6.07, 6.45) is 5.07. The minimum Gasteiger partial charge on any atom is -0.380 e. The Kier molecular flexibility index (Phi) is 4.95. The summed E-state index contributed by atoms with van der Waals surface area (Å²) in [6, 6.07) is 20.2. The molecule has 0 unspecified atom stereocenters. The van der Waals surface area contributed by atoms with Crippen LogP contribution in [0.15, 0.2) is 85.3 Å².